The van der Waals surface area contributed by atoms with E-state index in [2.05, 4.69) is 10.6 Å². The first kappa shape index (κ1) is 16.0. The summed E-state index contributed by atoms with van der Waals surface area (Å²) >= 11 is 0. The quantitative estimate of drug-likeness (QED) is 0.728. The zero-order valence-corrected chi connectivity index (χ0v) is 10.5. The average molecular weight is 290 g/mol. The van der Waals surface area contributed by atoms with Crippen LogP contribution < -0.4 is 10.6 Å². The van der Waals surface area contributed by atoms with E-state index in [0.29, 0.717) is 0 Å². The molecule has 5 nitrogen and oxygen atoms in total. The van der Waals surface area contributed by atoms with Gasteiger partial charge in [0.1, 0.15) is 0 Å². The maximum Gasteiger partial charge on any atom is 0.416 e. The SMILES string of the molecule is Cc1c(NC(=O)C(=O)NCCO)cccc1C(F)(F)F. The summed E-state index contributed by atoms with van der Waals surface area (Å²) < 4.78 is 38.0. The lowest BCUT2D eigenvalue weighted by atomic mass is 10.1. The van der Waals surface area contributed by atoms with Gasteiger partial charge >= 0.3 is 18.0 Å². The number of benzene rings is 1. The van der Waals surface area contributed by atoms with Gasteiger partial charge < -0.3 is 15.7 Å². The molecule has 0 atom stereocenters. The monoisotopic (exact) mass is 290 g/mol. The van der Waals surface area contributed by atoms with Gasteiger partial charge in [0.25, 0.3) is 0 Å². The molecule has 0 bridgehead atoms. The lowest BCUT2D eigenvalue weighted by molar-refractivity contribution is -0.138. The fraction of sp³-hybridized carbons (Fsp3) is 0.333. The van der Waals surface area contributed by atoms with Crippen molar-refractivity contribution < 1.29 is 27.9 Å². The number of alkyl halides is 3. The molecule has 0 unspecified atom stereocenters. The van der Waals surface area contributed by atoms with Gasteiger partial charge in [0.2, 0.25) is 0 Å². The van der Waals surface area contributed by atoms with E-state index < -0.39 is 23.6 Å². The number of hydrogen-bond acceptors (Lipinski definition) is 3. The molecule has 8 heteroatoms. The Kier molecular flexibility index (Phi) is 5.09. The summed E-state index contributed by atoms with van der Waals surface area (Å²) in [7, 11) is 0. The molecule has 1 rings (SSSR count). The molecule has 0 spiro atoms. The molecule has 0 aliphatic rings. The van der Waals surface area contributed by atoms with E-state index in [9.17, 15) is 22.8 Å². The number of carbonyl (C=O) groups excluding carboxylic acids is 2. The number of halogens is 3. The Balaban J connectivity index is 2.89. The highest BCUT2D eigenvalue weighted by Gasteiger charge is 2.33. The van der Waals surface area contributed by atoms with E-state index in [1.54, 1.807) is 0 Å². The van der Waals surface area contributed by atoms with Gasteiger partial charge in [-0.1, -0.05) is 6.07 Å². The molecule has 110 valence electrons. The first-order valence-corrected chi connectivity index (χ1v) is 5.64. The smallest absolute Gasteiger partial charge is 0.395 e. The highest BCUT2D eigenvalue weighted by molar-refractivity contribution is 6.39. The summed E-state index contributed by atoms with van der Waals surface area (Å²) in [6.45, 7) is 0.736. The number of anilines is 1. The lowest BCUT2D eigenvalue weighted by Crippen LogP contribution is -2.37. The third kappa shape index (κ3) is 3.95. The first-order valence-electron chi connectivity index (χ1n) is 5.64. The van der Waals surface area contributed by atoms with Crippen LogP contribution in [0.15, 0.2) is 18.2 Å². The van der Waals surface area contributed by atoms with Crippen molar-refractivity contribution in [2.24, 2.45) is 0 Å². The standard InChI is InChI=1S/C12H13F3N2O3/c1-7-8(12(13,14)15)3-2-4-9(7)17-11(20)10(19)16-5-6-18/h2-4,18H,5-6H2,1H3,(H,16,19)(H,17,20). The van der Waals surface area contributed by atoms with Crippen LogP contribution in [0.1, 0.15) is 11.1 Å². The first-order chi connectivity index (χ1) is 9.27. The Bertz CT molecular complexity index is 515. The Morgan fingerprint density at radius 1 is 1.25 bits per heavy atom. The van der Waals surface area contributed by atoms with Crippen LogP contribution in [-0.2, 0) is 15.8 Å². The molecule has 0 saturated carbocycles. The minimum absolute atomic E-state index is 0.0935. The molecule has 20 heavy (non-hydrogen) atoms. The van der Waals surface area contributed by atoms with Crippen LogP contribution in [0.5, 0.6) is 0 Å². The lowest BCUT2D eigenvalue weighted by Gasteiger charge is -2.14. The third-order valence-corrected chi connectivity index (χ3v) is 2.49. The van der Waals surface area contributed by atoms with Crippen LogP contribution in [-0.4, -0.2) is 30.1 Å². The second-order valence-electron chi connectivity index (χ2n) is 3.91. The van der Waals surface area contributed by atoms with E-state index in [4.69, 9.17) is 5.11 Å². The summed E-state index contributed by atoms with van der Waals surface area (Å²) in [5.41, 5.74) is -1.15. The number of hydrogen-bond donors (Lipinski definition) is 3. The fourth-order valence-electron chi connectivity index (χ4n) is 1.51. The molecule has 0 aliphatic heterocycles. The zero-order chi connectivity index (χ0) is 15.3. The van der Waals surface area contributed by atoms with Crippen LogP contribution in [0, 0.1) is 6.92 Å². The molecule has 2 amide bonds. The van der Waals surface area contributed by atoms with Gasteiger partial charge in [-0.15, -0.1) is 0 Å². The van der Waals surface area contributed by atoms with Gasteiger partial charge in [0.15, 0.2) is 0 Å². The van der Waals surface area contributed by atoms with Gasteiger partial charge in [-0.25, -0.2) is 0 Å². The Labute approximate surface area is 112 Å². The second kappa shape index (κ2) is 6.38. The summed E-state index contributed by atoms with van der Waals surface area (Å²) in [5, 5.41) is 12.7. The molecule has 0 aliphatic carbocycles. The molecular formula is C12H13F3N2O3. The highest BCUT2D eigenvalue weighted by Crippen LogP contribution is 2.34. The van der Waals surface area contributed by atoms with Gasteiger partial charge in [-0.2, -0.15) is 13.2 Å². The molecule has 3 N–H and O–H groups in total. The van der Waals surface area contributed by atoms with Crippen molar-refractivity contribution in [2.45, 2.75) is 13.1 Å². The predicted molar refractivity (Wildman–Crippen MR) is 64.9 cm³/mol. The maximum absolute atomic E-state index is 12.7. The van der Waals surface area contributed by atoms with Gasteiger partial charge in [0, 0.05) is 12.2 Å². The van der Waals surface area contributed by atoms with Crippen molar-refractivity contribution in [1.82, 2.24) is 5.32 Å². The second-order valence-corrected chi connectivity index (χ2v) is 3.91. The number of rotatable bonds is 3. The third-order valence-electron chi connectivity index (χ3n) is 2.49. The Morgan fingerprint density at radius 3 is 2.45 bits per heavy atom. The molecule has 0 aromatic heterocycles. The normalized spacial score (nSPS) is 11.1. The Hall–Kier alpha value is -2.09. The highest BCUT2D eigenvalue weighted by atomic mass is 19.4. The number of aliphatic hydroxyl groups is 1. The number of aliphatic hydroxyl groups excluding tert-OH is 1. The number of amides is 2. The largest absolute Gasteiger partial charge is 0.416 e. The predicted octanol–water partition coefficient (Wildman–Crippen LogP) is 1.06. The van der Waals surface area contributed by atoms with E-state index >= 15 is 0 Å². The summed E-state index contributed by atoms with van der Waals surface area (Å²) in [6, 6.07) is 3.29. The van der Waals surface area contributed by atoms with Gasteiger partial charge in [-0.3, -0.25) is 9.59 Å². The van der Waals surface area contributed by atoms with Crippen molar-refractivity contribution in [3.8, 4) is 0 Å². The molecule has 1 aromatic carbocycles. The van der Waals surface area contributed by atoms with Crippen LogP contribution in [0.4, 0.5) is 18.9 Å². The number of carbonyl (C=O) groups is 2. The summed E-state index contributed by atoms with van der Waals surface area (Å²) in [6.07, 6.45) is -4.54. The van der Waals surface area contributed by atoms with Crippen LogP contribution in [0.25, 0.3) is 0 Å². The van der Waals surface area contributed by atoms with Crippen molar-refractivity contribution in [2.75, 3.05) is 18.5 Å². The molecule has 0 fully saturated rings. The maximum atomic E-state index is 12.7. The van der Waals surface area contributed by atoms with Crippen LogP contribution in [0.2, 0.25) is 0 Å². The average Bonchev–Trinajstić information content (AvgIpc) is 2.36. The molecule has 1 aromatic rings. The topological polar surface area (TPSA) is 78.4 Å². The van der Waals surface area contributed by atoms with Crippen molar-refractivity contribution in [3.63, 3.8) is 0 Å². The number of nitrogens with one attached hydrogen (secondary N) is 2. The van der Waals surface area contributed by atoms with E-state index in [0.717, 1.165) is 12.1 Å². The van der Waals surface area contributed by atoms with Gasteiger partial charge in [-0.05, 0) is 24.6 Å². The van der Waals surface area contributed by atoms with Crippen LogP contribution in [0.3, 0.4) is 0 Å². The molecular weight excluding hydrogens is 277 g/mol. The minimum atomic E-state index is -4.54. The Morgan fingerprint density at radius 2 is 1.90 bits per heavy atom. The molecule has 0 saturated heterocycles. The summed E-state index contributed by atoms with van der Waals surface area (Å²) in [5.74, 6) is -2.13. The van der Waals surface area contributed by atoms with Crippen LogP contribution >= 0.6 is 0 Å². The van der Waals surface area contributed by atoms with E-state index in [-0.39, 0.29) is 24.4 Å². The minimum Gasteiger partial charge on any atom is -0.395 e. The fourth-order valence-corrected chi connectivity index (χ4v) is 1.51. The van der Waals surface area contributed by atoms with Crippen molar-refractivity contribution >= 4 is 17.5 Å². The molecule has 0 heterocycles. The van der Waals surface area contributed by atoms with E-state index in [1.807, 2.05) is 0 Å². The van der Waals surface area contributed by atoms with Crippen molar-refractivity contribution in [3.05, 3.63) is 29.3 Å². The van der Waals surface area contributed by atoms with Gasteiger partial charge in [0.05, 0.1) is 12.2 Å². The zero-order valence-electron chi connectivity index (χ0n) is 10.5. The van der Waals surface area contributed by atoms with Crippen molar-refractivity contribution in [1.29, 1.82) is 0 Å². The van der Waals surface area contributed by atoms with E-state index in [1.165, 1.54) is 13.0 Å². The molecule has 0 radical (unpaired) electrons. The summed E-state index contributed by atoms with van der Waals surface area (Å²) in [4.78, 5) is 22.7.